The highest BCUT2D eigenvalue weighted by molar-refractivity contribution is 6.30. The number of aromatic nitrogens is 3. The third-order valence-corrected chi connectivity index (χ3v) is 7.40. The van der Waals surface area contributed by atoms with Crippen LogP contribution in [0.4, 0.5) is 0 Å². The molecule has 0 saturated heterocycles. The maximum atomic E-state index is 13.8. The lowest BCUT2D eigenvalue weighted by molar-refractivity contribution is -0.136. The molecule has 1 amide bonds. The molecule has 0 fully saturated rings. The van der Waals surface area contributed by atoms with Gasteiger partial charge in [-0.2, -0.15) is 0 Å². The second-order valence-corrected chi connectivity index (χ2v) is 11.9. The summed E-state index contributed by atoms with van der Waals surface area (Å²) in [4.78, 5) is 41.6. The zero-order chi connectivity index (χ0) is 30.6. The van der Waals surface area contributed by atoms with Crippen molar-refractivity contribution in [3.8, 4) is 5.69 Å². The van der Waals surface area contributed by atoms with Gasteiger partial charge >= 0.3 is 5.97 Å². The van der Waals surface area contributed by atoms with E-state index in [0.717, 1.165) is 28.0 Å². The van der Waals surface area contributed by atoms with Crippen molar-refractivity contribution in [3.05, 3.63) is 119 Å². The number of hydrogen-bond donors (Lipinski definition) is 0. The molecule has 8 nitrogen and oxygen atoms in total. The molecule has 0 bridgehead atoms. The smallest absolute Gasteiger partial charge is 0.338 e. The molecule has 9 heteroatoms. The van der Waals surface area contributed by atoms with Gasteiger partial charge in [-0.1, -0.05) is 59.3 Å². The number of esters is 1. The molecule has 1 atom stereocenters. The van der Waals surface area contributed by atoms with E-state index >= 15 is 0 Å². The molecule has 1 aromatic heterocycles. The largest absolute Gasteiger partial charge is 0.456 e. The first-order valence-electron chi connectivity index (χ1n) is 14.1. The zero-order valence-electron chi connectivity index (χ0n) is 24.4. The van der Waals surface area contributed by atoms with Gasteiger partial charge in [0.25, 0.3) is 0 Å². The normalized spacial score (nSPS) is 14.3. The van der Waals surface area contributed by atoms with Crippen LogP contribution >= 0.6 is 11.6 Å². The van der Waals surface area contributed by atoms with Crippen LogP contribution in [0.3, 0.4) is 0 Å². The quantitative estimate of drug-likeness (QED) is 0.223. The number of carbonyl (C=O) groups excluding carboxylic acids is 3. The van der Waals surface area contributed by atoms with Gasteiger partial charge in [0.15, 0.2) is 5.78 Å². The van der Waals surface area contributed by atoms with E-state index in [2.05, 4.69) is 10.3 Å². The monoisotopic (exact) mass is 596 g/mol. The van der Waals surface area contributed by atoms with E-state index < -0.39 is 17.6 Å². The first-order valence-corrected chi connectivity index (χ1v) is 14.5. The molecular formula is C34H33ClN4O4. The van der Waals surface area contributed by atoms with E-state index in [1.165, 1.54) is 0 Å². The van der Waals surface area contributed by atoms with Crippen molar-refractivity contribution in [1.29, 1.82) is 0 Å². The van der Waals surface area contributed by atoms with E-state index in [1.807, 2.05) is 63.2 Å². The van der Waals surface area contributed by atoms with E-state index in [4.69, 9.17) is 16.3 Å². The summed E-state index contributed by atoms with van der Waals surface area (Å²) in [6, 6.07) is 21.3. The molecule has 1 aliphatic heterocycles. The fourth-order valence-electron chi connectivity index (χ4n) is 5.13. The molecule has 0 N–H and O–H groups in total. The molecular weight excluding hydrogens is 564 g/mol. The van der Waals surface area contributed by atoms with Gasteiger partial charge in [-0.25, -0.2) is 9.48 Å². The van der Waals surface area contributed by atoms with Crippen molar-refractivity contribution in [2.75, 3.05) is 6.54 Å². The number of nitrogens with zero attached hydrogens (tertiary/aromatic N) is 4. The minimum Gasteiger partial charge on any atom is -0.456 e. The highest BCUT2D eigenvalue weighted by Gasteiger charge is 2.32. The van der Waals surface area contributed by atoms with Crippen LogP contribution in [0.1, 0.15) is 54.2 Å². The lowest BCUT2D eigenvalue weighted by Crippen LogP contribution is -2.48. The Morgan fingerprint density at radius 2 is 1.74 bits per heavy atom. The summed E-state index contributed by atoms with van der Waals surface area (Å²) < 4.78 is 7.08. The SMILES string of the molecule is CC(C)(C)OC(=O)c1ccc(CC(=O)[C@H](Cc2ccccc2)N2CCC(c3cc(Cl)ccc3-n3ccnn3)=CC2=O)cc1. The van der Waals surface area contributed by atoms with Gasteiger partial charge in [-0.05, 0) is 80.6 Å². The predicted molar refractivity (Wildman–Crippen MR) is 165 cm³/mol. The molecule has 3 aromatic carbocycles. The molecule has 0 spiro atoms. The molecule has 1 aliphatic rings. The van der Waals surface area contributed by atoms with Crippen LogP contribution in [0, 0.1) is 0 Å². The number of Topliss-reactive ketones (excluding diaryl/α,β-unsaturated/α-hetero) is 1. The summed E-state index contributed by atoms with van der Waals surface area (Å²) in [6.45, 7) is 5.82. The number of benzene rings is 3. The van der Waals surface area contributed by atoms with Crippen molar-refractivity contribution in [3.63, 3.8) is 0 Å². The molecule has 43 heavy (non-hydrogen) atoms. The van der Waals surface area contributed by atoms with Crippen LogP contribution in [0.15, 0.2) is 91.3 Å². The first kappa shape index (κ1) is 29.9. The molecule has 220 valence electrons. The van der Waals surface area contributed by atoms with E-state index in [9.17, 15) is 14.4 Å². The van der Waals surface area contributed by atoms with Crippen molar-refractivity contribution in [1.82, 2.24) is 19.9 Å². The minimum absolute atomic E-state index is 0.0786. The second kappa shape index (κ2) is 12.8. The lowest BCUT2D eigenvalue weighted by Gasteiger charge is -2.34. The molecule has 0 saturated carbocycles. The second-order valence-electron chi connectivity index (χ2n) is 11.5. The summed E-state index contributed by atoms with van der Waals surface area (Å²) in [5, 5.41) is 8.55. The number of carbonyl (C=O) groups is 3. The number of rotatable bonds is 9. The third-order valence-electron chi connectivity index (χ3n) is 7.16. The van der Waals surface area contributed by atoms with Gasteiger partial charge in [0.05, 0.1) is 29.7 Å². The predicted octanol–water partition coefficient (Wildman–Crippen LogP) is 5.91. The van der Waals surface area contributed by atoms with Crippen molar-refractivity contribution in [2.24, 2.45) is 0 Å². The highest BCUT2D eigenvalue weighted by Crippen LogP contribution is 2.31. The Kier molecular flexibility index (Phi) is 8.87. The summed E-state index contributed by atoms with van der Waals surface area (Å²) in [5.74, 6) is -0.731. The third kappa shape index (κ3) is 7.45. The maximum absolute atomic E-state index is 13.8. The van der Waals surface area contributed by atoms with Crippen molar-refractivity contribution < 1.29 is 19.1 Å². The van der Waals surface area contributed by atoms with Crippen LogP contribution in [0.25, 0.3) is 11.3 Å². The first-order chi connectivity index (χ1) is 20.6. The van der Waals surface area contributed by atoms with Gasteiger partial charge in [-0.3, -0.25) is 9.59 Å². The molecule has 5 rings (SSSR count). The fourth-order valence-corrected chi connectivity index (χ4v) is 5.30. The van der Waals surface area contributed by atoms with Crippen molar-refractivity contribution in [2.45, 2.75) is 51.7 Å². The Labute approximate surface area is 255 Å². The standard InChI is InChI=1S/C34H33ClN4O4/c1-34(2,3)43-33(42)25-11-9-24(10-12-25)20-31(40)30(19-23-7-5-4-6-8-23)38-17-15-26(21-32(38)41)28-22-27(35)13-14-29(28)39-18-16-36-37-39/h4-14,16,18,21-22,30H,15,17,19-20H2,1-3H3/t30-/m0/s1. The number of hydrogen-bond acceptors (Lipinski definition) is 6. The summed E-state index contributed by atoms with van der Waals surface area (Å²) >= 11 is 6.34. The van der Waals surface area contributed by atoms with E-state index in [1.54, 1.807) is 58.4 Å². The van der Waals surface area contributed by atoms with Crippen LogP contribution < -0.4 is 0 Å². The van der Waals surface area contributed by atoms with Crippen LogP contribution in [0.2, 0.25) is 5.02 Å². The molecule has 0 aliphatic carbocycles. The van der Waals surface area contributed by atoms with Gasteiger partial charge < -0.3 is 9.64 Å². The van der Waals surface area contributed by atoms with Crippen LogP contribution in [-0.2, 0) is 27.2 Å². The summed E-state index contributed by atoms with van der Waals surface area (Å²) in [6.07, 6.45) is 5.97. The van der Waals surface area contributed by atoms with Gasteiger partial charge in [-0.15, -0.1) is 5.10 Å². The maximum Gasteiger partial charge on any atom is 0.338 e. The average molecular weight is 597 g/mol. The average Bonchev–Trinajstić information content (AvgIpc) is 3.51. The molecule has 0 unspecified atom stereocenters. The Morgan fingerprint density at radius 1 is 1.00 bits per heavy atom. The summed E-state index contributed by atoms with van der Waals surface area (Å²) in [7, 11) is 0. The van der Waals surface area contributed by atoms with Gasteiger partial charge in [0.1, 0.15) is 5.60 Å². The van der Waals surface area contributed by atoms with Crippen LogP contribution in [-0.4, -0.2) is 55.7 Å². The Morgan fingerprint density at radius 3 is 2.40 bits per heavy atom. The van der Waals surface area contributed by atoms with E-state index in [0.29, 0.717) is 30.0 Å². The van der Waals surface area contributed by atoms with Crippen molar-refractivity contribution >= 4 is 34.8 Å². The number of ketones is 1. The van der Waals surface area contributed by atoms with Gasteiger partial charge in [0.2, 0.25) is 5.91 Å². The van der Waals surface area contributed by atoms with Crippen LogP contribution in [0.5, 0.6) is 0 Å². The number of halogens is 1. The Bertz CT molecular complexity index is 1640. The Hall–Kier alpha value is -4.56. The molecule has 0 radical (unpaired) electrons. The fraction of sp³-hybridized carbons (Fsp3) is 0.265. The number of amides is 1. The Balaban J connectivity index is 1.38. The molecule has 2 heterocycles. The molecule has 4 aromatic rings. The van der Waals surface area contributed by atoms with Gasteiger partial charge in [0, 0.05) is 29.6 Å². The zero-order valence-corrected chi connectivity index (χ0v) is 25.1. The minimum atomic E-state index is -0.660. The van der Waals surface area contributed by atoms with E-state index in [-0.39, 0.29) is 18.1 Å². The number of ether oxygens (including phenoxy) is 1. The summed E-state index contributed by atoms with van der Waals surface area (Å²) in [5.41, 5.74) is 3.92. The topological polar surface area (TPSA) is 94.4 Å². The highest BCUT2D eigenvalue weighted by atomic mass is 35.5. The lowest BCUT2D eigenvalue weighted by atomic mass is 9.92.